The summed E-state index contributed by atoms with van der Waals surface area (Å²) in [5.74, 6) is -0.0435. The number of unbranched alkanes of at least 4 members (excludes halogenated alkanes) is 11. The summed E-state index contributed by atoms with van der Waals surface area (Å²) in [6.07, 6.45) is 16.8. The van der Waals surface area contributed by atoms with E-state index in [0.717, 1.165) is 12.8 Å². The van der Waals surface area contributed by atoms with E-state index in [-0.39, 0.29) is 11.4 Å². The molecule has 0 rings (SSSR count). The molecule has 2 heteroatoms. The van der Waals surface area contributed by atoms with Gasteiger partial charge in [-0.15, -0.1) is 0 Å². The topological polar surface area (TPSA) is 26.3 Å². The number of esters is 1. The van der Waals surface area contributed by atoms with Crippen LogP contribution in [0.15, 0.2) is 0 Å². The number of hydrogen-bond acceptors (Lipinski definition) is 2. The van der Waals surface area contributed by atoms with E-state index in [4.69, 9.17) is 4.74 Å². The molecule has 0 aromatic carbocycles. The monoisotopic (exact) mass is 312 g/mol. The van der Waals surface area contributed by atoms with Crippen molar-refractivity contribution in [2.45, 2.75) is 111 Å². The van der Waals surface area contributed by atoms with Crippen LogP contribution in [-0.2, 0) is 9.53 Å². The summed E-state index contributed by atoms with van der Waals surface area (Å²) in [4.78, 5) is 11.8. The lowest BCUT2D eigenvalue weighted by atomic mass is 9.91. The van der Waals surface area contributed by atoms with E-state index in [2.05, 4.69) is 6.92 Å². The van der Waals surface area contributed by atoms with E-state index < -0.39 is 0 Å². The number of carbonyl (C=O) groups excluding carboxylic acids is 1. The molecule has 0 N–H and O–H groups in total. The van der Waals surface area contributed by atoms with Crippen molar-refractivity contribution in [1.29, 1.82) is 0 Å². The molecule has 0 radical (unpaired) electrons. The maximum absolute atomic E-state index is 11.8. The SMILES string of the molecule is CCCCCCCCCCCCCCOC(=O)C(C)(C)CC. The van der Waals surface area contributed by atoms with Crippen LogP contribution >= 0.6 is 0 Å². The average Bonchev–Trinajstić information content (AvgIpc) is 2.51. The molecule has 0 aliphatic heterocycles. The van der Waals surface area contributed by atoms with Gasteiger partial charge in [0.2, 0.25) is 0 Å². The van der Waals surface area contributed by atoms with Crippen LogP contribution in [0.25, 0.3) is 0 Å². The van der Waals surface area contributed by atoms with Crippen molar-refractivity contribution < 1.29 is 9.53 Å². The average molecular weight is 313 g/mol. The lowest BCUT2D eigenvalue weighted by Crippen LogP contribution is -2.26. The van der Waals surface area contributed by atoms with Crippen molar-refractivity contribution in [2.24, 2.45) is 5.41 Å². The van der Waals surface area contributed by atoms with Crippen molar-refractivity contribution >= 4 is 5.97 Å². The quantitative estimate of drug-likeness (QED) is 0.249. The predicted octanol–water partition coefficient (Wildman–Crippen LogP) is 6.67. The number of ether oxygens (including phenoxy) is 1. The van der Waals surface area contributed by atoms with Gasteiger partial charge < -0.3 is 4.74 Å². The molecule has 0 aromatic rings. The van der Waals surface area contributed by atoms with Crippen LogP contribution in [0.4, 0.5) is 0 Å². The molecule has 0 aromatic heterocycles. The zero-order valence-corrected chi connectivity index (χ0v) is 15.7. The molecule has 0 fully saturated rings. The van der Waals surface area contributed by atoms with Crippen LogP contribution < -0.4 is 0 Å². The first-order valence-corrected chi connectivity index (χ1v) is 9.71. The second-order valence-corrected chi connectivity index (χ2v) is 7.26. The normalized spacial score (nSPS) is 11.6. The molecule has 0 saturated carbocycles. The summed E-state index contributed by atoms with van der Waals surface area (Å²) in [6, 6.07) is 0. The second-order valence-electron chi connectivity index (χ2n) is 7.26. The van der Waals surface area contributed by atoms with E-state index in [1.807, 2.05) is 20.8 Å². The third-order valence-corrected chi connectivity index (χ3v) is 4.67. The van der Waals surface area contributed by atoms with E-state index in [1.54, 1.807) is 0 Å². The van der Waals surface area contributed by atoms with E-state index in [9.17, 15) is 4.79 Å². The molecule has 132 valence electrons. The molecule has 22 heavy (non-hydrogen) atoms. The highest BCUT2D eigenvalue weighted by Gasteiger charge is 2.26. The van der Waals surface area contributed by atoms with Crippen molar-refractivity contribution in [3.8, 4) is 0 Å². The largest absolute Gasteiger partial charge is 0.465 e. The van der Waals surface area contributed by atoms with Gasteiger partial charge in [-0.1, -0.05) is 84.5 Å². The Balaban J connectivity index is 3.23. The molecule has 0 unspecified atom stereocenters. The fraction of sp³-hybridized carbons (Fsp3) is 0.950. The van der Waals surface area contributed by atoms with Gasteiger partial charge in [0.15, 0.2) is 0 Å². The number of hydrogen-bond donors (Lipinski definition) is 0. The highest BCUT2D eigenvalue weighted by atomic mass is 16.5. The van der Waals surface area contributed by atoms with E-state index in [1.165, 1.54) is 70.6 Å². The van der Waals surface area contributed by atoms with Gasteiger partial charge in [-0.25, -0.2) is 0 Å². The van der Waals surface area contributed by atoms with Crippen LogP contribution in [-0.4, -0.2) is 12.6 Å². The van der Waals surface area contributed by atoms with Crippen LogP contribution in [0.5, 0.6) is 0 Å². The van der Waals surface area contributed by atoms with Gasteiger partial charge in [-0.3, -0.25) is 4.79 Å². The van der Waals surface area contributed by atoms with Gasteiger partial charge in [0, 0.05) is 0 Å². The van der Waals surface area contributed by atoms with Crippen molar-refractivity contribution in [2.75, 3.05) is 6.61 Å². The highest BCUT2D eigenvalue weighted by Crippen LogP contribution is 2.21. The van der Waals surface area contributed by atoms with Crippen LogP contribution in [0, 0.1) is 5.41 Å². The summed E-state index contributed by atoms with van der Waals surface area (Å²) in [6.45, 7) is 8.81. The Morgan fingerprint density at radius 1 is 0.727 bits per heavy atom. The summed E-state index contributed by atoms with van der Waals surface area (Å²) >= 11 is 0. The van der Waals surface area contributed by atoms with Crippen LogP contribution in [0.2, 0.25) is 0 Å². The molecule has 0 amide bonds. The predicted molar refractivity (Wildman–Crippen MR) is 96.1 cm³/mol. The lowest BCUT2D eigenvalue weighted by Gasteiger charge is -2.20. The van der Waals surface area contributed by atoms with Gasteiger partial charge in [-0.2, -0.15) is 0 Å². The van der Waals surface area contributed by atoms with Crippen molar-refractivity contribution in [3.05, 3.63) is 0 Å². The summed E-state index contributed by atoms with van der Waals surface area (Å²) in [5, 5.41) is 0. The van der Waals surface area contributed by atoms with Gasteiger partial charge in [0.1, 0.15) is 0 Å². The fourth-order valence-corrected chi connectivity index (χ4v) is 2.45. The standard InChI is InChI=1S/C20H40O2/c1-5-7-8-9-10-11-12-13-14-15-16-17-18-22-19(21)20(3,4)6-2/h5-18H2,1-4H3. The first-order chi connectivity index (χ1) is 10.5. The maximum Gasteiger partial charge on any atom is 0.311 e. The zero-order chi connectivity index (χ0) is 16.7. The van der Waals surface area contributed by atoms with Gasteiger partial charge in [0.25, 0.3) is 0 Å². The molecule has 0 saturated heterocycles. The summed E-state index contributed by atoms with van der Waals surface area (Å²) in [7, 11) is 0. The molecular weight excluding hydrogens is 272 g/mol. The molecule has 0 bridgehead atoms. The molecule has 0 heterocycles. The second kappa shape index (κ2) is 14.1. The molecule has 0 aliphatic rings. The van der Waals surface area contributed by atoms with Gasteiger partial charge >= 0.3 is 5.97 Å². The molecule has 2 nitrogen and oxygen atoms in total. The van der Waals surface area contributed by atoms with Crippen LogP contribution in [0.1, 0.15) is 111 Å². The molecule has 0 atom stereocenters. The summed E-state index contributed by atoms with van der Waals surface area (Å²) < 4.78 is 5.35. The lowest BCUT2D eigenvalue weighted by molar-refractivity contribution is -0.154. The van der Waals surface area contributed by atoms with Crippen LogP contribution in [0.3, 0.4) is 0 Å². The van der Waals surface area contributed by atoms with Gasteiger partial charge in [0.05, 0.1) is 12.0 Å². The first kappa shape index (κ1) is 21.5. The Morgan fingerprint density at radius 2 is 1.14 bits per heavy atom. The third-order valence-electron chi connectivity index (χ3n) is 4.67. The zero-order valence-electron chi connectivity index (χ0n) is 15.7. The number of carbonyl (C=O) groups is 1. The third kappa shape index (κ3) is 12.1. The van der Waals surface area contributed by atoms with E-state index >= 15 is 0 Å². The molecule has 0 aliphatic carbocycles. The molecular formula is C20H40O2. The smallest absolute Gasteiger partial charge is 0.311 e. The Labute approximate surface area is 139 Å². The first-order valence-electron chi connectivity index (χ1n) is 9.71. The molecule has 0 spiro atoms. The van der Waals surface area contributed by atoms with Gasteiger partial charge in [-0.05, 0) is 26.7 Å². The Hall–Kier alpha value is -0.530. The minimum Gasteiger partial charge on any atom is -0.465 e. The Morgan fingerprint density at radius 3 is 1.55 bits per heavy atom. The minimum atomic E-state index is -0.322. The highest BCUT2D eigenvalue weighted by molar-refractivity contribution is 5.75. The minimum absolute atomic E-state index is 0.0435. The maximum atomic E-state index is 11.8. The Bertz CT molecular complexity index is 258. The number of rotatable bonds is 15. The fourth-order valence-electron chi connectivity index (χ4n) is 2.45. The van der Waals surface area contributed by atoms with Crippen molar-refractivity contribution in [1.82, 2.24) is 0 Å². The Kier molecular flexibility index (Phi) is 13.7. The van der Waals surface area contributed by atoms with Crippen molar-refractivity contribution in [3.63, 3.8) is 0 Å². The van der Waals surface area contributed by atoms with E-state index in [0.29, 0.717) is 6.61 Å². The summed E-state index contributed by atoms with van der Waals surface area (Å²) in [5.41, 5.74) is -0.322.